The van der Waals surface area contributed by atoms with Gasteiger partial charge in [-0.05, 0) is 17.0 Å². The van der Waals surface area contributed by atoms with Gasteiger partial charge in [0.15, 0.2) is 5.96 Å². The Hall–Kier alpha value is -1.84. The molecule has 0 aliphatic carbocycles. The van der Waals surface area contributed by atoms with Gasteiger partial charge in [-0.1, -0.05) is 39.0 Å². The zero-order chi connectivity index (χ0) is 18.3. The summed E-state index contributed by atoms with van der Waals surface area (Å²) in [6.45, 7) is 8.32. The van der Waals surface area contributed by atoms with Crippen molar-refractivity contribution < 1.29 is 4.74 Å². The van der Waals surface area contributed by atoms with E-state index in [2.05, 4.69) is 52.5 Å². The number of hydrogen-bond donors (Lipinski definition) is 2. The number of ether oxygens (including phenoxy) is 1. The number of nitrogens with one attached hydrogen (secondary N) is 2. The zero-order valence-electron chi connectivity index (χ0n) is 16.1. The van der Waals surface area contributed by atoms with E-state index in [1.807, 2.05) is 25.2 Å². The van der Waals surface area contributed by atoms with Gasteiger partial charge in [-0.2, -0.15) is 5.10 Å². The number of hydrogen-bond acceptors (Lipinski definition) is 4. The lowest BCUT2D eigenvalue weighted by atomic mass is 9.86. The average molecular weight is 472 g/mol. The van der Waals surface area contributed by atoms with Crippen molar-refractivity contribution in [2.24, 2.45) is 12.0 Å². The molecule has 2 aromatic rings. The summed E-state index contributed by atoms with van der Waals surface area (Å²) in [5, 5.41) is 10.5. The Kier molecular flexibility index (Phi) is 8.83. The number of aromatic nitrogens is 3. The molecule has 1 aromatic heterocycles. The predicted molar refractivity (Wildman–Crippen MR) is 115 cm³/mol. The molecule has 0 aliphatic rings. The van der Waals surface area contributed by atoms with Crippen LogP contribution in [-0.2, 0) is 19.0 Å². The van der Waals surface area contributed by atoms with Crippen LogP contribution in [-0.4, -0.2) is 40.9 Å². The molecule has 0 unspecified atom stereocenters. The molecule has 144 valence electrons. The van der Waals surface area contributed by atoms with E-state index in [0.29, 0.717) is 25.7 Å². The number of rotatable bonds is 6. The highest BCUT2D eigenvalue weighted by atomic mass is 127. The Labute approximate surface area is 172 Å². The van der Waals surface area contributed by atoms with Crippen LogP contribution in [0.2, 0.25) is 0 Å². The summed E-state index contributed by atoms with van der Waals surface area (Å²) in [6, 6.07) is 8.18. The first-order valence-electron chi connectivity index (χ1n) is 8.41. The van der Waals surface area contributed by atoms with Crippen LogP contribution in [0, 0.1) is 0 Å². The third-order valence-corrected chi connectivity index (χ3v) is 3.79. The van der Waals surface area contributed by atoms with Crippen LogP contribution in [0.5, 0.6) is 5.75 Å². The van der Waals surface area contributed by atoms with E-state index in [1.165, 1.54) is 11.9 Å². The number of aliphatic imine (C=N–C) groups is 1. The Morgan fingerprint density at radius 3 is 2.58 bits per heavy atom. The third-order valence-electron chi connectivity index (χ3n) is 3.79. The maximum atomic E-state index is 5.96. The van der Waals surface area contributed by atoms with E-state index in [-0.39, 0.29) is 29.4 Å². The van der Waals surface area contributed by atoms with E-state index < -0.39 is 0 Å². The molecule has 0 spiro atoms. The van der Waals surface area contributed by atoms with Crippen molar-refractivity contribution in [2.75, 3.05) is 20.2 Å². The normalized spacial score (nSPS) is 11.7. The number of guanidine groups is 1. The quantitative estimate of drug-likeness (QED) is 0.293. The molecule has 0 radical (unpaired) electrons. The number of benzene rings is 1. The highest BCUT2D eigenvalue weighted by molar-refractivity contribution is 14.0. The van der Waals surface area contributed by atoms with Crippen LogP contribution in [0.4, 0.5) is 0 Å². The molecule has 2 rings (SSSR count). The SMILES string of the molecule is CN=C(NCCOc1ccccc1C(C)(C)C)NCc1ncnn1C.I. The number of aryl methyl sites for hydroxylation is 1. The fraction of sp³-hybridized carbons (Fsp3) is 0.500. The lowest BCUT2D eigenvalue weighted by Crippen LogP contribution is -2.39. The minimum absolute atomic E-state index is 0. The monoisotopic (exact) mass is 472 g/mol. The second-order valence-corrected chi connectivity index (χ2v) is 6.75. The molecule has 0 bridgehead atoms. The van der Waals surface area contributed by atoms with Gasteiger partial charge in [0, 0.05) is 14.1 Å². The van der Waals surface area contributed by atoms with Crippen molar-refractivity contribution in [1.29, 1.82) is 0 Å². The van der Waals surface area contributed by atoms with Gasteiger partial charge >= 0.3 is 0 Å². The van der Waals surface area contributed by atoms with Gasteiger partial charge in [-0.25, -0.2) is 4.98 Å². The van der Waals surface area contributed by atoms with Crippen LogP contribution in [0.25, 0.3) is 0 Å². The van der Waals surface area contributed by atoms with Crippen molar-refractivity contribution >= 4 is 29.9 Å². The summed E-state index contributed by atoms with van der Waals surface area (Å²) in [6.07, 6.45) is 1.54. The van der Waals surface area contributed by atoms with Crippen LogP contribution in [0.3, 0.4) is 0 Å². The molecule has 26 heavy (non-hydrogen) atoms. The zero-order valence-corrected chi connectivity index (χ0v) is 18.4. The molecule has 0 saturated heterocycles. The number of nitrogens with zero attached hydrogens (tertiary/aromatic N) is 4. The van der Waals surface area contributed by atoms with Crippen molar-refractivity contribution in [3.63, 3.8) is 0 Å². The molecular weight excluding hydrogens is 443 g/mol. The van der Waals surface area contributed by atoms with Crippen LogP contribution in [0.1, 0.15) is 32.2 Å². The highest BCUT2D eigenvalue weighted by Gasteiger charge is 2.18. The van der Waals surface area contributed by atoms with E-state index in [4.69, 9.17) is 4.74 Å². The molecule has 1 aromatic carbocycles. The molecule has 7 nitrogen and oxygen atoms in total. The minimum Gasteiger partial charge on any atom is -0.491 e. The predicted octanol–water partition coefficient (Wildman–Crippen LogP) is 2.47. The fourth-order valence-corrected chi connectivity index (χ4v) is 2.41. The molecule has 8 heteroatoms. The van der Waals surface area contributed by atoms with Crippen LogP contribution in [0.15, 0.2) is 35.6 Å². The van der Waals surface area contributed by atoms with Crippen LogP contribution >= 0.6 is 24.0 Å². The molecular formula is C18H29IN6O. The first-order valence-corrected chi connectivity index (χ1v) is 8.41. The van der Waals surface area contributed by atoms with Crippen molar-refractivity contribution in [2.45, 2.75) is 32.7 Å². The Morgan fingerprint density at radius 1 is 1.23 bits per heavy atom. The summed E-state index contributed by atoms with van der Waals surface area (Å²) < 4.78 is 7.69. The van der Waals surface area contributed by atoms with E-state index in [9.17, 15) is 0 Å². The standard InChI is InChI=1S/C18H28N6O.HI/c1-18(2,3)14-8-6-7-9-15(14)25-11-10-20-17(19-4)21-12-16-22-13-23-24(16)5;/h6-9,13H,10-12H2,1-5H3,(H2,19,20,21);1H. The minimum atomic E-state index is 0. The van der Waals surface area contributed by atoms with Crippen molar-refractivity contribution in [1.82, 2.24) is 25.4 Å². The second kappa shape index (κ2) is 10.3. The van der Waals surface area contributed by atoms with Gasteiger partial charge in [0.1, 0.15) is 24.5 Å². The largest absolute Gasteiger partial charge is 0.491 e. The van der Waals surface area contributed by atoms with Crippen LogP contribution < -0.4 is 15.4 Å². The Bertz CT molecular complexity index is 708. The maximum Gasteiger partial charge on any atom is 0.191 e. The summed E-state index contributed by atoms with van der Waals surface area (Å²) in [5.74, 6) is 2.48. The summed E-state index contributed by atoms with van der Waals surface area (Å²) >= 11 is 0. The van der Waals surface area contributed by atoms with E-state index in [1.54, 1.807) is 11.7 Å². The van der Waals surface area contributed by atoms with Gasteiger partial charge in [-0.15, -0.1) is 24.0 Å². The number of halogens is 1. The highest BCUT2D eigenvalue weighted by Crippen LogP contribution is 2.30. The number of para-hydroxylation sites is 1. The third kappa shape index (κ3) is 6.47. The first kappa shape index (κ1) is 22.2. The molecule has 0 atom stereocenters. The van der Waals surface area contributed by atoms with Gasteiger partial charge in [-0.3, -0.25) is 9.67 Å². The van der Waals surface area contributed by atoms with Crippen molar-refractivity contribution in [3.8, 4) is 5.75 Å². The second-order valence-electron chi connectivity index (χ2n) is 6.75. The smallest absolute Gasteiger partial charge is 0.191 e. The molecule has 1 heterocycles. The Morgan fingerprint density at radius 2 is 1.96 bits per heavy atom. The van der Waals surface area contributed by atoms with E-state index >= 15 is 0 Å². The van der Waals surface area contributed by atoms with Gasteiger partial charge in [0.2, 0.25) is 0 Å². The maximum absolute atomic E-state index is 5.96. The van der Waals surface area contributed by atoms with Gasteiger partial charge in [0.05, 0.1) is 13.1 Å². The van der Waals surface area contributed by atoms with Gasteiger partial charge < -0.3 is 15.4 Å². The molecule has 0 fully saturated rings. The summed E-state index contributed by atoms with van der Waals surface area (Å²) in [4.78, 5) is 8.37. The molecule has 2 N–H and O–H groups in total. The summed E-state index contributed by atoms with van der Waals surface area (Å²) in [5.41, 5.74) is 1.26. The van der Waals surface area contributed by atoms with Gasteiger partial charge in [0.25, 0.3) is 0 Å². The van der Waals surface area contributed by atoms with E-state index in [0.717, 1.165) is 11.6 Å². The average Bonchev–Trinajstić information content (AvgIpc) is 2.99. The topological polar surface area (TPSA) is 76.4 Å². The Balaban J connectivity index is 0.00000338. The fourth-order valence-electron chi connectivity index (χ4n) is 2.41. The first-order chi connectivity index (χ1) is 11.9. The molecule has 0 saturated carbocycles. The van der Waals surface area contributed by atoms with Crippen molar-refractivity contribution in [3.05, 3.63) is 42.0 Å². The summed E-state index contributed by atoms with van der Waals surface area (Å²) in [7, 11) is 3.60. The lowest BCUT2D eigenvalue weighted by molar-refractivity contribution is 0.313. The molecule has 0 amide bonds. The lowest BCUT2D eigenvalue weighted by Gasteiger charge is -2.22. The molecule has 0 aliphatic heterocycles.